The summed E-state index contributed by atoms with van der Waals surface area (Å²) in [6, 6.07) is 5.63. The molecule has 0 fully saturated rings. The van der Waals surface area contributed by atoms with Crippen LogP contribution in [0.3, 0.4) is 0 Å². The molecule has 0 saturated heterocycles. The molecule has 1 aromatic carbocycles. The van der Waals surface area contributed by atoms with E-state index in [0.29, 0.717) is 18.5 Å². The summed E-state index contributed by atoms with van der Waals surface area (Å²) in [5, 5.41) is 3.38. The summed E-state index contributed by atoms with van der Waals surface area (Å²) in [6.45, 7) is 13.2. The van der Waals surface area contributed by atoms with Crippen molar-refractivity contribution in [2.45, 2.75) is 39.7 Å². The predicted molar refractivity (Wildman–Crippen MR) is 84.0 cm³/mol. The zero-order chi connectivity index (χ0) is 14.6. The van der Waals surface area contributed by atoms with Crippen molar-refractivity contribution in [1.82, 2.24) is 5.32 Å². The van der Waals surface area contributed by atoms with Crippen LogP contribution in [0, 0.1) is 11.7 Å². The molecular weight excluding hydrogens is 305 g/mol. The van der Waals surface area contributed by atoms with Crippen molar-refractivity contribution in [2.75, 3.05) is 6.54 Å². The summed E-state index contributed by atoms with van der Waals surface area (Å²) in [6.07, 6.45) is 0. The molecule has 0 aliphatic heterocycles. The first kappa shape index (κ1) is 16.4. The average molecular weight is 328 g/mol. The van der Waals surface area contributed by atoms with E-state index in [2.05, 4.69) is 55.5 Å². The second-order valence-corrected chi connectivity index (χ2v) is 6.43. The first-order chi connectivity index (χ1) is 8.82. The molecule has 1 atom stereocenters. The van der Waals surface area contributed by atoms with Gasteiger partial charge in [-0.15, -0.1) is 0 Å². The molecule has 0 unspecified atom stereocenters. The van der Waals surface area contributed by atoms with E-state index in [1.165, 1.54) is 6.07 Å². The Morgan fingerprint density at radius 3 is 2.42 bits per heavy atom. The van der Waals surface area contributed by atoms with Crippen molar-refractivity contribution in [2.24, 2.45) is 5.92 Å². The van der Waals surface area contributed by atoms with Crippen LogP contribution in [0.25, 0.3) is 0 Å². The summed E-state index contributed by atoms with van der Waals surface area (Å²) < 4.78 is 14.9. The Morgan fingerprint density at radius 1 is 1.32 bits per heavy atom. The highest BCUT2D eigenvalue weighted by molar-refractivity contribution is 9.10. The fourth-order valence-electron chi connectivity index (χ4n) is 1.98. The molecule has 0 heterocycles. The Kier molecular flexibility index (Phi) is 6.21. The summed E-state index contributed by atoms with van der Waals surface area (Å²) in [4.78, 5) is 0. The third-order valence-electron chi connectivity index (χ3n) is 3.26. The number of nitrogens with one attached hydrogen (secondary N) is 1. The fourth-order valence-corrected chi connectivity index (χ4v) is 2.31. The third-order valence-corrected chi connectivity index (χ3v) is 3.75. The maximum absolute atomic E-state index is 14.1. The van der Waals surface area contributed by atoms with E-state index in [1.54, 1.807) is 0 Å². The zero-order valence-electron chi connectivity index (χ0n) is 12.1. The van der Waals surface area contributed by atoms with Crippen LogP contribution in [0.15, 0.2) is 34.8 Å². The van der Waals surface area contributed by atoms with Gasteiger partial charge in [-0.1, -0.05) is 61.8 Å². The van der Waals surface area contributed by atoms with Gasteiger partial charge in [0.1, 0.15) is 5.82 Å². The van der Waals surface area contributed by atoms with Gasteiger partial charge in [0.2, 0.25) is 0 Å². The van der Waals surface area contributed by atoms with Gasteiger partial charge in [-0.05, 0) is 23.6 Å². The number of hydrogen-bond acceptors (Lipinski definition) is 1. The van der Waals surface area contributed by atoms with Crippen molar-refractivity contribution in [3.8, 4) is 0 Å². The lowest BCUT2D eigenvalue weighted by Gasteiger charge is -2.25. The fraction of sp³-hybridized carbons (Fsp3) is 0.500. The summed E-state index contributed by atoms with van der Waals surface area (Å²) in [7, 11) is 0. The van der Waals surface area contributed by atoms with Crippen molar-refractivity contribution in [1.29, 1.82) is 0 Å². The van der Waals surface area contributed by atoms with E-state index < -0.39 is 0 Å². The highest BCUT2D eigenvalue weighted by atomic mass is 79.9. The summed E-state index contributed by atoms with van der Waals surface area (Å²) >= 11 is 3.30. The van der Waals surface area contributed by atoms with Gasteiger partial charge in [-0.3, -0.25) is 0 Å². The third kappa shape index (κ3) is 4.73. The standard InChI is InChI=1S/C16H23BrFN/c1-10(2)12(5)15(9-19-11(3)4)14-7-6-13(17)8-16(14)18/h6-8,10-11,15,19H,5,9H2,1-4H3/t15-/m0/s1. The Balaban J connectivity index is 3.04. The van der Waals surface area contributed by atoms with Gasteiger partial charge in [0.05, 0.1) is 0 Å². The Hall–Kier alpha value is -0.670. The molecule has 19 heavy (non-hydrogen) atoms. The van der Waals surface area contributed by atoms with Crippen LogP contribution in [0.2, 0.25) is 0 Å². The molecule has 0 aliphatic rings. The monoisotopic (exact) mass is 327 g/mol. The number of hydrogen-bond donors (Lipinski definition) is 1. The highest BCUT2D eigenvalue weighted by Crippen LogP contribution is 2.31. The lowest BCUT2D eigenvalue weighted by Crippen LogP contribution is -2.30. The normalized spacial score (nSPS) is 13.1. The van der Waals surface area contributed by atoms with Gasteiger partial charge in [0.15, 0.2) is 0 Å². The van der Waals surface area contributed by atoms with Crippen LogP contribution in [-0.4, -0.2) is 12.6 Å². The topological polar surface area (TPSA) is 12.0 Å². The predicted octanol–water partition coefficient (Wildman–Crippen LogP) is 4.88. The molecule has 0 bridgehead atoms. The van der Waals surface area contributed by atoms with Crippen LogP contribution >= 0.6 is 15.9 Å². The maximum Gasteiger partial charge on any atom is 0.128 e. The van der Waals surface area contributed by atoms with E-state index in [0.717, 1.165) is 15.6 Å². The number of rotatable bonds is 6. The van der Waals surface area contributed by atoms with Gasteiger partial charge in [-0.25, -0.2) is 4.39 Å². The lowest BCUT2D eigenvalue weighted by atomic mass is 9.85. The second-order valence-electron chi connectivity index (χ2n) is 5.51. The molecule has 1 aromatic rings. The van der Waals surface area contributed by atoms with Crippen molar-refractivity contribution >= 4 is 15.9 Å². The van der Waals surface area contributed by atoms with Crippen LogP contribution < -0.4 is 5.32 Å². The molecule has 106 valence electrons. The van der Waals surface area contributed by atoms with Crippen molar-refractivity contribution in [3.63, 3.8) is 0 Å². The van der Waals surface area contributed by atoms with Gasteiger partial charge < -0.3 is 5.32 Å². The minimum atomic E-state index is -0.174. The SMILES string of the molecule is C=C(C(C)C)[C@H](CNC(C)C)c1ccc(Br)cc1F. The van der Waals surface area contributed by atoms with Crippen LogP contribution in [-0.2, 0) is 0 Å². The molecule has 0 radical (unpaired) electrons. The summed E-state index contributed by atoms with van der Waals surface area (Å²) in [5.41, 5.74) is 1.78. The first-order valence-corrected chi connectivity index (χ1v) is 7.49. The smallest absolute Gasteiger partial charge is 0.128 e. The molecule has 0 aromatic heterocycles. The van der Waals surface area contributed by atoms with Gasteiger partial charge in [-0.2, -0.15) is 0 Å². The molecule has 0 spiro atoms. The number of benzene rings is 1. The minimum absolute atomic E-state index is 0.00972. The maximum atomic E-state index is 14.1. The van der Waals surface area contributed by atoms with E-state index in [-0.39, 0.29) is 11.7 Å². The average Bonchev–Trinajstić information content (AvgIpc) is 2.30. The van der Waals surface area contributed by atoms with E-state index in [1.807, 2.05) is 12.1 Å². The quantitative estimate of drug-likeness (QED) is 0.734. The Morgan fingerprint density at radius 2 is 1.95 bits per heavy atom. The van der Waals surface area contributed by atoms with Gasteiger partial charge in [0.25, 0.3) is 0 Å². The van der Waals surface area contributed by atoms with Gasteiger partial charge >= 0.3 is 0 Å². The Bertz CT molecular complexity index is 440. The van der Waals surface area contributed by atoms with E-state index in [4.69, 9.17) is 0 Å². The van der Waals surface area contributed by atoms with Crippen molar-refractivity contribution < 1.29 is 4.39 Å². The van der Waals surface area contributed by atoms with Crippen LogP contribution in [0.5, 0.6) is 0 Å². The zero-order valence-corrected chi connectivity index (χ0v) is 13.7. The molecule has 1 nitrogen and oxygen atoms in total. The largest absolute Gasteiger partial charge is 0.314 e. The molecule has 1 N–H and O–H groups in total. The number of halogens is 2. The molecule has 3 heteroatoms. The van der Waals surface area contributed by atoms with Crippen LogP contribution in [0.1, 0.15) is 39.2 Å². The second kappa shape index (κ2) is 7.20. The lowest BCUT2D eigenvalue weighted by molar-refractivity contribution is 0.515. The summed E-state index contributed by atoms with van der Waals surface area (Å²) in [5.74, 6) is 0.171. The van der Waals surface area contributed by atoms with E-state index >= 15 is 0 Å². The minimum Gasteiger partial charge on any atom is -0.314 e. The van der Waals surface area contributed by atoms with Gasteiger partial charge in [0, 0.05) is 23.0 Å². The Labute approximate surface area is 124 Å². The molecule has 1 rings (SSSR count). The molecule has 0 amide bonds. The first-order valence-electron chi connectivity index (χ1n) is 6.70. The highest BCUT2D eigenvalue weighted by Gasteiger charge is 2.21. The molecular formula is C16H23BrFN. The molecule has 0 saturated carbocycles. The molecule has 0 aliphatic carbocycles. The van der Waals surface area contributed by atoms with Crippen molar-refractivity contribution in [3.05, 3.63) is 46.2 Å². The van der Waals surface area contributed by atoms with E-state index in [9.17, 15) is 4.39 Å². The van der Waals surface area contributed by atoms with Crippen LogP contribution in [0.4, 0.5) is 4.39 Å².